The maximum Gasteiger partial charge on any atom is 0.312 e. The monoisotopic (exact) mass is 146 g/mol. The number of amides is 2. The van der Waals surface area contributed by atoms with Gasteiger partial charge in [-0.3, -0.25) is 0 Å². The number of carbonyl (C=O) groups is 1. The summed E-state index contributed by atoms with van der Waals surface area (Å²) in [7, 11) is 0. The zero-order chi connectivity index (χ0) is 7.98. The largest absolute Gasteiger partial charge is 0.352 e. The minimum Gasteiger partial charge on any atom is -0.352 e. The topological polar surface area (TPSA) is 114 Å². The Bertz CT molecular complexity index is 139. The molecule has 3 N–H and O–H groups in total. The number of urea groups is 1. The molecule has 0 aliphatic heterocycles. The fourth-order valence-corrected chi connectivity index (χ4v) is 0.286. The minimum absolute atomic E-state index is 0.248. The fourth-order valence-electron chi connectivity index (χ4n) is 0.286. The molecule has 0 atom stereocenters. The number of nitroso groups, excluding NO2 is 2. The van der Waals surface area contributed by atoms with Gasteiger partial charge in [0.2, 0.25) is 6.17 Å². The molecular formula is C3H6N4O3. The van der Waals surface area contributed by atoms with Gasteiger partial charge in [-0.2, -0.15) is 0 Å². The van der Waals surface area contributed by atoms with Crippen LogP contribution in [0, 0.1) is 9.81 Å². The lowest BCUT2D eigenvalue weighted by molar-refractivity contribution is 0.248. The first-order valence-electron chi connectivity index (χ1n) is 2.39. The highest BCUT2D eigenvalue weighted by Gasteiger charge is 2.07. The smallest absolute Gasteiger partial charge is 0.312 e. The van der Waals surface area contributed by atoms with Gasteiger partial charge in [-0.1, -0.05) is 0 Å². The number of hydrogen-bond acceptors (Lipinski definition) is 5. The van der Waals surface area contributed by atoms with Gasteiger partial charge in [-0.15, -0.1) is 9.81 Å². The summed E-state index contributed by atoms with van der Waals surface area (Å²) in [5.41, 5.74) is 4.61. The molecule has 0 fully saturated rings. The minimum atomic E-state index is -1.28. The highest BCUT2D eigenvalue weighted by molar-refractivity contribution is 5.71. The average Bonchev–Trinajstić information content (AvgIpc) is 1.90. The number of carbonyl (C=O) groups excluding carboxylic acids is 1. The Kier molecular flexibility index (Phi) is 3.69. The van der Waals surface area contributed by atoms with Crippen LogP contribution in [0.5, 0.6) is 0 Å². The Morgan fingerprint density at radius 3 is 2.30 bits per heavy atom. The Morgan fingerprint density at radius 1 is 1.50 bits per heavy atom. The molecule has 0 aliphatic rings. The summed E-state index contributed by atoms with van der Waals surface area (Å²) in [6.07, 6.45) is -1.28. The number of nitrogens with zero attached hydrogens (tertiary/aromatic N) is 2. The molecule has 2 amide bonds. The summed E-state index contributed by atoms with van der Waals surface area (Å²) in [6.45, 7) is -0.248. The molecule has 10 heavy (non-hydrogen) atoms. The second-order valence-electron chi connectivity index (χ2n) is 1.44. The van der Waals surface area contributed by atoms with Crippen molar-refractivity contribution >= 4 is 6.03 Å². The van der Waals surface area contributed by atoms with Crippen molar-refractivity contribution in [3.63, 3.8) is 0 Å². The summed E-state index contributed by atoms with van der Waals surface area (Å²) < 4.78 is 0. The normalized spacial score (nSPS) is 8.90. The van der Waals surface area contributed by atoms with E-state index >= 15 is 0 Å². The molecular weight excluding hydrogens is 140 g/mol. The zero-order valence-electron chi connectivity index (χ0n) is 4.98. The highest BCUT2D eigenvalue weighted by Crippen LogP contribution is 1.87. The van der Waals surface area contributed by atoms with Gasteiger partial charge in [0.15, 0.2) is 0 Å². The molecule has 0 spiro atoms. The maximum absolute atomic E-state index is 9.96. The molecule has 7 heteroatoms. The van der Waals surface area contributed by atoms with E-state index in [2.05, 4.69) is 16.1 Å². The molecule has 0 unspecified atom stereocenters. The molecule has 56 valence electrons. The van der Waals surface area contributed by atoms with Crippen LogP contribution in [0.1, 0.15) is 0 Å². The van der Waals surface area contributed by atoms with Crippen LogP contribution in [0.15, 0.2) is 10.4 Å². The van der Waals surface area contributed by atoms with E-state index in [4.69, 9.17) is 0 Å². The lowest BCUT2D eigenvalue weighted by atomic mass is 10.5. The van der Waals surface area contributed by atoms with Gasteiger partial charge in [-0.05, 0) is 10.4 Å². The van der Waals surface area contributed by atoms with Gasteiger partial charge in [-0.25, -0.2) is 4.79 Å². The summed E-state index contributed by atoms with van der Waals surface area (Å²) >= 11 is 0. The third-order valence-electron chi connectivity index (χ3n) is 0.702. The summed E-state index contributed by atoms with van der Waals surface area (Å²) in [4.78, 5) is 29.2. The fraction of sp³-hybridized carbons (Fsp3) is 0.667. The van der Waals surface area contributed by atoms with Gasteiger partial charge >= 0.3 is 6.03 Å². The quantitative estimate of drug-likeness (QED) is 0.521. The molecule has 0 aromatic rings. The van der Waals surface area contributed by atoms with E-state index in [1.807, 2.05) is 5.32 Å². The van der Waals surface area contributed by atoms with Crippen LogP contribution in [0.3, 0.4) is 0 Å². The number of nitrogens with one attached hydrogen (secondary N) is 1. The van der Waals surface area contributed by atoms with Gasteiger partial charge in [0.25, 0.3) is 0 Å². The molecule has 0 aliphatic carbocycles. The standard InChI is InChI=1S/C3H6N4O3/c4-3(8)5-1-2(6-9)7-10/h2H,1H2,(H3,4,5,8). The van der Waals surface area contributed by atoms with Crippen LogP contribution in [0.25, 0.3) is 0 Å². The van der Waals surface area contributed by atoms with Crippen molar-refractivity contribution in [2.24, 2.45) is 16.1 Å². The molecule has 7 nitrogen and oxygen atoms in total. The van der Waals surface area contributed by atoms with Crippen LogP contribution < -0.4 is 11.1 Å². The van der Waals surface area contributed by atoms with Crippen molar-refractivity contribution in [2.45, 2.75) is 6.17 Å². The van der Waals surface area contributed by atoms with Crippen LogP contribution in [-0.4, -0.2) is 18.7 Å². The van der Waals surface area contributed by atoms with E-state index in [0.29, 0.717) is 0 Å². The Morgan fingerprint density at radius 2 is 2.00 bits per heavy atom. The second kappa shape index (κ2) is 4.36. The molecule has 0 heterocycles. The Hall–Kier alpha value is -1.53. The molecule has 0 bridgehead atoms. The predicted octanol–water partition coefficient (Wildman–Crippen LogP) is -0.486. The van der Waals surface area contributed by atoms with Crippen molar-refractivity contribution in [2.75, 3.05) is 6.54 Å². The molecule has 0 aromatic heterocycles. The van der Waals surface area contributed by atoms with Gasteiger partial charge in [0.05, 0.1) is 6.54 Å². The summed E-state index contributed by atoms with van der Waals surface area (Å²) in [5.74, 6) is 0. The van der Waals surface area contributed by atoms with E-state index in [0.717, 1.165) is 0 Å². The predicted molar refractivity (Wildman–Crippen MR) is 33.0 cm³/mol. The van der Waals surface area contributed by atoms with Crippen molar-refractivity contribution in [3.8, 4) is 0 Å². The summed E-state index contributed by atoms with van der Waals surface area (Å²) in [5, 5.41) is 6.56. The Balaban J connectivity index is 3.54. The number of rotatable bonds is 4. The van der Waals surface area contributed by atoms with Crippen LogP contribution >= 0.6 is 0 Å². The molecule has 0 saturated carbocycles. The first-order chi connectivity index (χ1) is 4.70. The van der Waals surface area contributed by atoms with Crippen molar-refractivity contribution in [1.29, 1.82) is 0 Å². The van der Waals surface area contributed by atoms with Crippen molar-refractivity contribution < 1.29 is 4.79 Å². The first kappa shape index (κ1) is 8.47. The molecule has 0 saturated heterocycles. The van der Waals surface area contributed by atoms with Crippen molar-refractivity contribution in [3.05, 3.63) is 9.81 Å². The lowest BCUT2D eigenvalue weighted by Gasteiger charge is -1.98. The molecule has 0 aromatic carbocycles. The molecule has 0 rings (SSSR count). The number of hydrogen-bond donors (Lipinski definition) is 2. The van der Waals surface area contributed by atoms with E-state index in [1.54, 1.807) is 0 Å². The third kappa shape index (κ3) is 3.47. The Labute approximate surface area is 55.9 Å². The van der Waals surface area contributed by atoms with Crippen LogP contribution in [0.4, 0.5) is 4.79 Å². The van der Waals surface area contributed by atoms with E-state index < -0.39 is 12.2 Å². The third-order valence-corrected chi connectivity index (χ3v) is 0.702. The van der Waals surface area contributed by atoms with Crippen LogP contribution in [-0.2, 0) is 0 Å². The van der Waals surface area contributed by atoms with E-state index in [-0.39, 0.29) is 6.54 Å². The van der Waals surface area contributed by atoms with Crippen molar-refractivity contribution in [1.82, 2.24) is 5.32 Å². The zero-order valence-corrected chi connectivity index (χ0v) is 4.98. The SMILES string of the molecule is NC(=O)NCC(N=O)N=O. The van der Waals surface area contributed by atoms with E-state index in [1.165, 1.54) is 0 Å². The highest BCUT2D eigenvalue weighted by atomic mass is 16.3. The first-order valence-corrected chi connectivity index (χ1v) is 2.39. The summed E-state index contributed by atoms with van der Waals surface area (Å²) in [6, 6.07) is -0.822. The second-order valence-corrected chi connectivity index (χ2v) is 1.44. The average molecular weight is 146 g/mol. The lowest BCUT2D eigenvalue weighted by Crippen LogP contribution is -2.34. The molecule has 0 radical (unpaired) electrons. The van der Waals surface area contributed by atoms with Gasteiger partial charge < -0.3 is 11.1 Å². The van der Waals surface area contributed by atoms with Gasteiger partial charge in [0, 0.05) is 0 Å². The maximum atomic E-state index is 9.96. The van der Waals surface area contributed by atoms with Crippen LogP contribution in [0.2, 0.25) is 0 Å². The number of nitrogens with two attached hydrogens (primary N) is 1. The van der Waals surface area contributed by atoms with Gasteiger partial charge in [0.1, 0.15) is 0 Å². The van der Waals surface area contributed by atoms with E-state index in [9.17, 15) is 14.6 Å². The number of primary amides is 1.